The first-order valence-electron chi connectivity index (χ1n) is 9.36. The number of hydrogen-bond donors (Lipinski definition) is 2. The molecule has 2 aromatic rings. The Hall–Kier alpha value is -2.25. The van der Waals surface area contributed by atoms with Gasteiger partial charge in [0.1, 0.15) is 11.4 Å². The number of aliphatic hydroxyl groups excluding tert-OH is 1. The van der Waals surface area contributed by atoms with Gasteiger partial charge in [0.25, 0.3) is 5.91 Å². The second kappa shape index (κ2) is 6.73. The Bertz CT molecular complexity index is 944. The maximum atomic E-state index is 13.5. The lowest BCUT2D eigenvalue weighted by Crippen LogP contribution is -2.59. The van der Waals surface area contributed by atoms with Crippen LogP contribution in [0.5, 0.6) is 0 Å². The molecule has 2 N–H and O–H groups in total. The summed E-state index contributed by atoms with van der Waals surface area (Å²) in [5, 5.41) is 10.8. The summed E-state index contributed by atoms with van der Waals surface area (Å²) < 4.78 is 13.5. The number of aromatic amines is 1. The number of halogens is 1. The van der Waals surface area contributed by atoms with Crippen LogP contribution in [-0.4, -0.2) is 65.1 Å². The van der Waals surface area contributed by atoms with Gasteiger partial charge in [-0.25, -0.2) is 4.39 Å². The monoisotopic (exact) mass is 373 g/mol. The summed E-state index contributed by atoms with van der Waals surface area (Å²) in [6.45, 7) is 2.56. The van der Waals surface area contributed by atoms with Crippen LogP contribution in [0.2, 0.25) is 0 Å². The highest BCUT2D eigenvalue weighted by Crippen LogP contribution is 2.38. The lowest BCUT2D eigenvalue weighted by atomic mass is 9.71. The predicted molar refractivity (Wildman–Crippen MR) is 100 cm³/mol. The van der Waals surface area contributed by atoms with Gasteiger partial charge < -0.3 is 19.9 Å². The number of rotatable bonds is 1. The second-order valence-corrected chi connectivity index (χ2v) is 7.96. The zero-order chi connectivity index (χ0) is 19.2. The maximum Gasteiger partial charge on any atom is 0.259 e. The van der Waals surface area contributed by atoms with Crippen LogP contribution in [0.3, 0.4) is 0 Å². The Morgan fingerprint density at radius 1 is 1.33 bits per heavy atom. The van der Waals surface area contributed by atoms with Crippen molar-refractivity contribution in [2.75, 3.05) is 33.2 Å². The molecule has 2 aliphatic rings. The van der Waals surface area contributed by atoms with E-state index in [0.29, 0.717) is 25.0 Å². The first kappa shape index (κ1) is 18.1. The molecule has 27 heavy (non-hydrogen) atoms. The SMILES string of the molecule is CN1CC[C@H](O)[C@@]2(CCCN(C(=O)c3c[nH]c4ccc(F)cc4c3=O)C2)C1. The number of aromatic nitrogens is 1. The fourth-order valence-corrected chi connectivity index (χ4v) is 4.63. The van der Waals surface area contributed by atoms with Crippen molar-refractivity contribution in [1.82, 2.24) is 14.8 Å². The number of nitrogens with zero attached hydrogens (tertiary/aromatic N) is 2. The zero-order valence-electron chi connectivity index (χ0n) is 15.4. The minimum absolute atomic E-state index is 0.0174. The molecule has 0 bridgehead atoms. The van der Waals surface area contributed by atoms with Crippen molar-refractivity contribution >= 4 is 16.8 Å². The lowest BCUT2D eigenvalue weighted by Gasteiger charge is -2.50. The molecular weight excluding hydrogens is 349 g/mol. The predicted octanol–water partition coefficient (Wildman–Crippen LogP) is 1.59. The second-order valence-electron chi connectivity index (χ2n) is 7.96. The molecule has 2 atom stereocenters. The molecule has 4 rings (SSSR count). The van der Waals surface area contributed by atoms with Gasteiger partial charge in [-0.05, 0) is 44.5 Å². The molecule has 1 aromatic heterocycles. The summed E-state index contributed by atoms with van der Waals surface area (Å²) in [5.41, 5.74) is -0.299. The van der Waals surface area contributed by atoms with Gasteiger partial charge in [-0.1, -0.05) is 0 Å². The van der Waals surface area contributed by atoms with Gasteiger partial charge in [0.05, 0.1) is 6.10 Å². The summed E-state index contributed by atoms with van der Waals surface area (Å²) in [4.78, 5) is 32.6. The third-order valence-electron chi connectivity index (χ3n) is 6.04. The van der Waals surface area contributed by atoms with Crippen LogP contribution in [0, 0.1) is 11.2 Å². The summed E-state index contributed by atoms with van der Waals surface area (Å²) >= 11 is 0. The molecule has 0 unspecified atom stereocenters. The third-order valence-corrected chi connectivity index (χ3v) is 6.04. The number of carbonyl (C=O) groups is 1. The molecule has 7 heteroatoms. The summed E-state index contributed by atoms with van der Waals surface area (Å²) in [6, 6.07) is 3.92. The first-order chi connectivity index (χ1) is 12.9. The Balaban J connectivity index is 1.66. The van der Waals surface area contributed by atoms with E-state index >= 15 is 0 Å². The van der Waals surface area contributed by atoms with Gasteiger partial charge in [0.2, 0.25) is 5.43 Å². The van der Waals surface area contributed by atoms with Gasteiger partial charge >= 0.3 is 0 Å². The van der Waals surface area contributed by atoms with E-state index in [0.717, 1.165) is 32.0 Å². The number of H-pyrrole nitrogens is 1. The Morgan fingerprint density at radius 2 is 2.15 bits per heavy atom. The van der Waals surface area contributed by atoms with Crippen molar-refractivity contribution < 1.29 is 14.3 Å². The zero-order valence-corrected chi connectivity index (χ0v) is 15.4. The molecule has 1 amide bonds. The van der Waals surface area contributed by atoms with Gasteiger partial charge in [-0.3, -0.25) is 9.59 Å². The molecule has 6 nitrogen and oxygen atoms in total. The molecule has 1 aromatic carbocycles. The highest BCUT2D eigenvalue weighted by Gasteiger charge is 2.45. The minimum atomic E-state index is -0.511. The average Bonchev–Trinajstić information content (AvgIpc) is 2.65. The van der Waals surface area contributed by atoms with E-state index in [9.17, 15) is 19.1 Å². The van der Waals surface area contributed by atoms with Crippen molar-refractivity contribution in [3.63, 3.8) is 0 Å². The van der Waals surface area contributed by atoms with Crippen molar-refractivity contribution in [2.24, 2.45) is 5.41 Å². The van der Waals surface area contributed by atoms with E-state index in [4.69, 9.17) is 0 Å². The highest BCUT2D eigenvalue weighted by atomic mass is 19.1. The average molecular weight is 373 g/mol. The van der Waals surface area contributed by atoms with Crippen molar-refractivity contribution in [3.05, 3.63) is 46.0 Å². The number of likely N-dealkylation sites (tertiary alicyclic amines) is 2. The first-order valence-corrected chi connectivity index (χ1v) is 9.36. The number of benzene rings is 1. The van der Waals surface area contributed by atoms with Crippen LogP contribution in [0.25, 0.3) is 10.9 Å². The van der Waals surface area contributed by atoms with Gasteiger partial charge in [-0.2, -0.15) is 0 Å². The quantitative estimate of drug-likeness (QED) is 0.796. The number of hydrogen-bond acceptors (Lipinski definition) is 4. The Morgan fingerprint density at radius 3 is 2.96 bits per heavy atom. The molecule has 2 aliphatic heterocycles. The summed E-state index contributed by atoms with van der Waals surface area (Å²) in [7, 11) is 2.02. The van der Waals surface area contributed by atoms with Crippen LogP contribution in [0.4, 0.5) is 4.39 Å². The smallest absolute Gasteiger partial charge is 0.259 e. The summed E-state index contributed by atoms with van der Waals surface area (Å²) in [5.74, 6) is -0.871. The highest BCUT2D eigenvalue weighted by molar-refractivity contribution is 5.97. The fraction of sp³-hybridized carbons (Fsp3) is 0.500. The van der Waals surface area contributed by atoms with Crippen molar-refractivity contribution in [3.8, 4) is 0 Å². The Labute approximate surface area is 156 Å². The topological polar surface area (TPSA) is 76.6 Å². The molecule has 2 fully saturated rings. The van der Waals surface area contributed by atoms with E-state index < -0.39 is 17.3 Å². The lowest BCUT2D eigenvalue weighted by molar-refractivity contribution is -0.0731. The third kappa shape index (κ3) is 3.15. The number of piperidine rings is 2. The number of pyridine rings is 1. The van der Waals surface area contributed by atoms with Crippen molar-refractivity contribution in [1.29, 1.82) is 0 Å². The van der Waals surface area contributed by atoms with Crippen LogP contribution in [0.1, 0.15) is 29.6 Å². The number of nitrogens with one attached hydrogen (secondary N) is 1. The van der Waals surface area contributed by atoms with E-state index in [1.165, 1.54) is 18.3 Å². The molecule has 3 heterocycles. The summed E-state index contributed by atoms with van der Waals surface area (Å²) in [6.07, 6.45) is 3.30. The maximum absolute atomic E-state index is 13.5. The van der Waals surface area contributed by atoms with Crippen LogP contribution in [-0.2, 0) is 0 Å². The number of fused-ring (bicyclic) bond motifs is 1. The molecule has 0 radical (unpaired) electrons. The number of carbonyl (C=O) groups excluding carboxylic acids is 1. The van der Waals surface area contributed by atoms with Gasteiger partial charge in [0, 0.05) is 48.7 Å². The molecule has 144 valence electrons. The minimum Gasteiger partial charge on any atom is -0.392 e. The number of amides is 1. The molecule has 1 spiro atoms. The van der Waals surface area contributed by atoms with E-state index in [-0.39, 0.29) is 22.3 Å². The van der Waals surface area contributed by atoms with Crippen LogP contribution in [0.15, 0.2) is 29.2 Å². The normalized spacial score (nSPS) is 26.6. The number of aliphatic hydroxyl groups is 1. The Kier molecular flexibility index (Phi) is 4.52. The molecule has 0 aliphatic carbocycles. The van der Waals surface area contributed by atoms with E-state index in [1.807, 2.05) is 7.05 Å². The van der Waals surface area contributed by atoms with E-state index in [2.05, 4.69) is 9.88 Å². The molecule has 0 saturated carbocycles. The van der Waals surface area contributed by atoms with Crippen LogP contribution < -0.4 is 5.43 Å². The standard InChI is InChI=1S/C20H24FN3O3/c1-23-8-5-17(25)20(11-23)6-2-7-24(12-20)19(27)15-10-22-16-4-3-13(21)9-14(16)18(15)26/h3-4,9-10,17,25H,2,5-8,11-12H2,1H3,(H,22,26)/t17-,20-/m0/s1. The van der Waals surface area contributed by atoms with Crippen molar-refractivity contribution in [2.45, 2.75) is 25.4 Å². The fourth-order valence-electron chi connectivity index (χ4n) is 4.63. The largest absolute Gasteiger partial charge is 0.392 e. The van der Waals surface area contributed by atoms with Gasteiger partial charge in [-0.15, -0.1) is 0 Å². The van der Waals surface area contributed by atoms with Gasteiger partial charge in [0.15, 0.2) is 0 Å². The molecule has 2 saturated heterocycles. The molecular formula is C20H24FN3O3. The van der Waals surface area contributed by atoms with Crippen LogP contribution >= 0.6 is 0 Å². The van der Waals surface area contributed by atoms with E-state index in [1.54, 1.807) is 4.90 Å².